The summed E-state index contributed by atoms with van der Waals surface area (Å²) >= 11 is 1.52. The highest BCUT2D eigenvalue weighted by Gasteiger charge is 2.22. The maximum Gasteiger partial charge on any atom is 0.208 e. The average Bonchev–Trinajstić information content (AvgIpc) is 2.88. The number of anilines is 1. The molecule has 0 aliphatic carbocycles. The number of hydrogen-bond acceptors (Lipinski definition) is 4. The lowest BCUT2D eigenvalue weighted by Gasteiger charge is -2.15. The number of hydrogen-bond donors (Lipinski definition) is 1. The van der Waals surface area contributed by atoms with Crippen LogP contribution in [0.5, 0.6) is 5.75 Å². The smallest absolute Gasteiger partial charge is 0.208 e. The van der Waals surface area contributed by atoms with Gasteiger partial charge in [0.05, 0.1) is 17.0 Å². The van der Waals surface area contributed by atoms with Gasteiger partial charge in [-0.2, -0.15) is 0 Å². The van der Waals surface area contributed by atoms with E-state index in [1.807, 2.05) is 19.1 Å². The minimum absolute atomic E-state index is 0.0359. The van der Waals surface area contributed by atoms with Gasteiger partial charge in [-0.25, -0.2) is 0 Å². The molecule has 21 heavy (non-hydrogen) atoms. The van der Waals surface area contributed by atoms with Gasteiger partial charge >= 0.3 is 0 Å². The van der Waals surface area contributed by atoms with Crippen LogP contribution in [0, 0.1) is 0 Å². The van der Waals surface area contributed by atoms with Crippen molar-refractivity contribution in [2.24, 2.45) is 0 Å². The maximum absolute atomic E-state index is 12.8. The first-order valence-corrected chi connectivity index (χ1v) is 7.82. The minimum Gasteiger partial charge on any atom is -0.493 e. The lowest BCUT2D eigenvalue weighted by molar-refractivity contribution is 0.104. The number of thiophene rings is 1. The first-order valence-electron chi connectivity index (χ1n) is 7.01. The normalized spacial score (nSPS) is 11.4. The zero-order valence-corrected chi connectivity index (χ0v) is 13.7. The number of carbonyl (C=O) groups excluding carboxylic acids is 1. The molecule has 112 valence electrons. The molecule has 2 rings (SSSR count). The van der Waals surface area contributed by atoms with Gasteiger partial charge in [-0.1, -0.05) is 26.8 Å². The molecule has 0 saturated carbocycles. The molecule has 2 N–H and O–H groups in total. The summed E-state index contributed by atoms with van der Waals surface area (Å²) in [6, 6.07) is 9.19. The maximum atomic E-state index is 12.8. The molecular weight excluding hydrogens is 282 g/mol. The molecule has 4 heteroatoms. The molecule has 3 nitrogen and oxygen atoms in total. The zero-order valence-electron chi connectivity index (χ0n) is 12.9. The highest BCUT2D eigenvalue weighted by Crippen LogP contribution is 2.33. The van der Waals surface area contributed by atoms with Gasteiger partial charge in [-0.05, 0) is 36.6 Å². The van der Waals surface area contributed by atoms with Gasteiger partial charge in [-0.15, -0.1) is 11.3 Å². The van der Waals surface area contributed by atoms with Gasteiger partial charge in [0.1, 0.15) is 5.75 Å². The second-order valence-corrected chi connectivity index (χ2v) is 6.98. The van der Waals surface area contributed by atoms with Crippen LogP contribution in [0.2, 0.25) is 0 Å². The average molecular weight is 303 g/mol. The lowest BCUT2D eigenvalue weighted by Crippen LogP contribution is -2.09. The highest BCUT2D eigenvalue weighted by atomic mass is 32.1. The Kier molecular flexibility index (Phi) is 4.37. The molecule has 0 unspecified atom stereocenters. The van der Waals surface area contributed by atoms with E-state index in [0.29, 0.717) is 28.5 Å². The van der Waals surface area contributed by atoms with E-state index in [-0.39, 0.29) is 11.2 Å². The number of rotatable bonds is 4. The third-order valence-corrected chi connectivity index (χ3v) is 4.66. The fourth-order valence-corrected chi connectivity index (χ4v) is 3.06. The summed E-state index contributed by atoms with van der Waals surface area (Å²) in [6.07, 6.45) is 0. The van der Waals surface area contributed by atoms with E-state index in [4.69, 9.17) is 10.5 Å². The third-order valence-electron chi connectivity index (χ3n) is 3.15. The fourth-order valence-electron chi connectivity index (χ4n) is 2.05. The van der Waals surface area contributed by atoms with E-state index in [9.17, 15) is 4.79 Å². The molecule has 0 fully saturated rings. The van der Waals surface area contributed by atoms with Gasteiger partial charge in [0.2, 0.25) is 5.78 Å². The Morgan fingerprint density at radius 3 is 2.52 bits per heavy atom. The topological polar surface area (TPSA) is 52.3 Å². The van der Waals surface area contributed by atoms with Crippen LogP contribution in [-0.2, 0) is 5.41 Å². The van der Waals surface area contributed by atoms with Gasteiger partial charge < -0.3 is 10.5 Å². The first-order chi connectivity index (χ1) is 9.84. The summed E-state index contributed by atoms with van der Waals surface area (Å²) in [4.78, 5) is 14.6. The van der Waals surface area contributed by atoms with E-state index in [0.717, 1.165) is 0 Å². The van der Waals surface area contributed by atoms with Crippen molar-refractivity contribution in [3.63, 3.8) is 0 Å². The molecule has 1 aromatic carbocycles. The predicted octanol–water partition coefficient (Wildman–Crippen LogP) is 4.26. The zero-order chi connectivity index (χ0) is 15.6. The van der Waals surface area contributed by atoms with Crippen LogP contribution in [0.4, 0.5) is 5.69 Å². The van der Waals surface area contributed by atoms with E-state index in [2.05, 4.69) is 20.8 Å². The monoisotopic (exact) mass is 303 g/mol. The quantitative estimate of drug-likeness (QED) is 0.678. The number of carbonyl (C=O) groups is 1. The van der Waals surface area contributed by atoms with Crippen LogP contribution < -0.4 is 10.5 Å². The Labute approximate surface area is 129 Å². The SMILES string of the molecule is CCOc1cccc(N)c1C(=O)c1ccc(C(C)(C)C)s1. The third kappa shape index (κ3) is 3.27. The fraction of sp³-hybridized carbons (Fsp3) is 0.353. The van der Waals surface area contributed by atoms with Gasteiger partial charge in [-0.3, -0.25) is 4.79 Å². The van der Waals surface area contributed by atoms with Crippen LogP contribution in [-0.4, -0.2) is 12.4 Å². The Bertz CT molecular complexity index is 653. The Morgan fingerprint density at radius 2 is 1.95 bits per heavy atom. The summed E-state index contributed by atoms with van der Waals surface area (Å²) in [7, 11) is 0. The molecule has 0 aliphatic rings. The molecule has 2 aromatic rings. The summed E-state index contributed by atoms with van der Waals surface area (Å²) in [5.41, 5.74) is 6.94. The van der Waals surface area contributed by atoms with E-state index in [1.165, 1.54) is 16.2 Å². The van der Waals surface area contributed by atoms with Crippen molar-refractivity contribution < 1.29 is 9.53 Å². The summed E-state index contributed by atoms with van der Waals surface area (Å²) in [5, 5.41) is 0. The predicted molar refractivity (Wildman–Crippen MR) is 88.5 cm³/mol. The molecular formula is C17H21NO2S. The number of ether oxygens (including phenoxy) is 1. The Balaban J connectivity index is 2.43. The lowest BCUT2D eigenvalue weighted by atomic mass is 9.95. The van der Waals surface area contributed by atoms with Crippen molar-refractivity contribution in [2.45, 2.75) is 33.1 Å². The van der Waals surface area contributed by atoms with Crippen LogP contribution in [0.15, 0.2) is 30.3 Å². The second kappa shape index (κ2) is 5.90. The van der Waals surface area contributed by atoms with Gasteiger partial charge in [0, 0.05) is 10.6 Å². The van der Waals surface area contributed by atoms with Crippen LogP contribution >= 0.6 is 11.3 Å². The van der Waals surface area contributed by atoms with Crippen molar-refractivity contribution >= 4 is 22.8 Å². The Morgan fingerprint density at radius 1 is 1.24 bits per heavy atom. The number of ketones is 1. The van der Waals surface area contributed by atoms with E-state index in [1.54, 1.807) is 18.2 Å². The first kappa shape index (κ1) is 15.6. The molecule has 0 bridgehead atoms. The van der Waals surface area contributed by atoms with Crippen molar-refractivity contribution in [3.05, 3.63) is 45.6 Å². The van der Waals surface area contributed by atoms with Crippen LogP contribution in [0.3, 0.4) is 0 Å². The molecule has 1 aromatic heterocycles. The van der Waals surface area contributed by atoms with E-state index >= 15 is 0 Å². The summed E-state index contributed by atoms with van der Waals surface area (Å²) in [5.74, 6) is 0.477. The number of nitrogens with two attached hydrogens (primary N) is 1. The van der Waals surface area contributed by atoms with Gasteiger partial charge in [0.25, 0.3) is 0 Å². The summed E-state index contributed by atoms with van der Waals surface area (Å²) < 4.78 is 5.54. The number of benzene rings is 1. The standard InChI is InChI=1S/C17H21NO2S/c1-5-20-12-8-6-7-11(18)15(12)16(19)13-9-10-14(21-13)17(2,3)4/h6-10H,5,18H2,1-4H3. The molecule has 0 spiro atoms. The van der Waals surface area contributed by atoms with Crippen LogP contribution in [0.25, 0.3) is 0 Å². The van der Waals surface area contributed by atoms with Gasteiger partial charge in [0.15, 0.2) is 0 Å². The van der Waals surface area contributed by atoms with Crippen molar-refractivity contribution in [2.75, 3.05) is 12.3 Å². The molecule has 0 amide bonds. The summed E-state index contributed by atoms with van der Waals surface area (Å²) in [6.45, 7) is 8.79. The second-order valence-electron chi connectivity index (χ2n) is 5.90. The molecule has 1 heterocycles. The largest absolute Gasteiger partial charge is 0.493 e. The van der Waals surface area contributed by atoms with Crippen molar-refractivity contribution in [1.29, 1.82) is 0 Å². The molecule has 0 radical (unpaired) electrons. The Hall–Kier alpha value is -1.81. The molecule has 0 aliphatic heterocycles. The molecule has 0 saturated heterocycles. The van der Waals surface area contributed by atoms with Crippen molar-refractivity contribution in [1.82, 2.24) is 0 Å². The number of nitrogen functional groups attached to an aromatic ring is 1. The van der Waals surface area contributed by atoms with Crippen LogP contribution in [0.1, 0.15) is 47.8 Å². The molecule has 0 atom stereocenters. The van der Waals surface area contributed by atoms with E-state index < -0.39 is 0 Å². The minimum atomic E-state index is -0.0722. The highest BCUT2D eigenvalue weighted by molar-refractivity contribution is 7.14. The van der Waals surface area contributed by atoms with Crippen molar-refractivity contribution in [3.8, 4) is 5.75 Å².